The molecule has 1 aliphatic rings. The van der Waals surface area contributed by atoms with Crippen LogP contribution in [0.4, 0.5) is 0 Å². The molecule has 1 atom stereocenters. The number of nitrogens with one attached hydrogen (secondary N) is 2. The lowest BCUT2D eigenvalue weighted by atomic mass is 10.0. The Bertz CT molecular complexity index is 1230. The lowest BCUT2D eigenvalue weighted by Crippen LogP contribution is -2.52. The van der Waals surface area contributed by atoms with Crippen molar-refractivity contribution in [3.63, 3.8) is 0 Å². The predicted octanol–water partition coefficient (Wildman–Crippen LogP) is 1.80. The van der Waals surface area contributed by atoms with Gasteiger partial charge in [0.05, 0.1) is 11.0 Å². The standard InChI is InChI=1S/C18H17N7O3S/c26-29(27,17-22-12-6-1-2-7-13(12)23-17)18(8-3-4-11-21-18)16-24-15(28-25-16)14-19-9-5-10-20-14/h1-2,5-7,9-10,21H,3-4,8,11H2,(H,22,23). The zero-order valence-electron chi connectivity index (χ0n) is 15.2. The van der Waals surface area contributed by atoms with E-state index in [9.17, 15) is 8.42 Å². The van der Waals surface area contributed by atoms with Gasteiger partial charge in [0, 0.05) is 12.4 Å². The molecule has 1 unspecified atom stereocenters. The van der Waals surface area contributed by atoms with Crippen molar-refractivity contribution in [2.45, 2.75) is 29.3 Å². The van der Waals surface area contributed by atoms with Crippen LogP contribution >= 0.6 is 0 Å². The first-order valence-electron chi connectivity index (χ1n) is 9.16. The lowest BCUT2D eigenvalue weighted by molar-refractivity contribution is 0.317. The van der Waals surface area contributed by atoms with Gasteiger partial charge in [0.15, 0.2) is 4.87 Å². The molecule has 148 valence electrons. The molecule has 1 aromatic carbocycles. The molecule has 0 spiro atoms. The van der Waals surface area contributed by atoms with Gasteiger partial charge in [0.1, 0.15) is 0 Å². The summed E-state index contributed by atoms with van der Waals surface area (Å²) < 4.78 is 32.7. The summed E-state index contributed by atoms with van der Waals surface area (Å²) in [7, 11) is -4.01. The number of aromatic amines is 1. The summed E-state index contributed by atoms with van der Waals surface area (Å²) in [6.45, 7) is 0.505. The van der Waals surface area contributed by atoms with Crippen LogP contribution in [0.2, 0.25) is 0 Å². The van der Waals surface area contributed by atoms with Gasteiger partial charge < -0.3 is 9.51 Å². The second-order valence-corrected chi connectivity index (χ2v) is 8.86. The quantitative estimate of drug-likeness (QED) is 0.514. The first-order chi connectivity index (χ1) is 14.1. The van der Waals surface area contributed by atoms with E-state index in [1.807, 2.05) is 6.07 Å². The summed E-state index contributed by atoms with van der Waals surface area (Å²) in [5.74, 6) is 0.325. The molecule has 5 rings (SSSR count). The Hall–Kier alpha value is -3.18. The molecule has 1 fully saturated rings. The van der Waals surface area contributed by atoms with Gasteiger partial charge in [-0.05, 0) is 44.0 Å². The predicted molar refractivity (Wildman–Crippen MR) is 102 cm³/mol. The van der Waals surface area contributed by atoms with Crippen LogP contribution < -0.4 is 5.32 Å². The third-order valence-electron chi connectivity index (χ3n) is 4.99. The summed E-state index contributed by atoms with van der Waals surface area (Å²) >= 11 is 0. The van der Waals surface area contributed by atoms with Crippen LogP contribution in [-0.2, 0) is 14.7 Å². The van der Waals surface area contributed by atoms with Crippen LogP contribution in [0.25, 0.3) is 22.7 Å². The highest BCUT2D eigenvalue weighted by Gasteiger charge is 2.52. The van der Waals surface area contributed by atoms with Crippen LogP contribution in [0.15, 0.2) is 52.4 Å². The van der Waals surface area contributed by atoms with Crippen molar-refractivity contribution in [2.75, 3.05) is 6.54 Å². The summed E-state index contributed by atoms with van der Waals surface area (Å²) in [6.07, 6.45) is 4.93. The Labute approximate surface area is 165 Å². The van der Waals surface area contributed by atoms with Gasteiger partial charge in [0.25, 0.3) is 5.89 Å². The van der Waals surface area contributed by atoms with Gasteiger partial charge in [-0.15, -0.1) is 0 Å². The number of aromatic nitrogens is 6. The average Bonchev–Trinajstić information content (AvgIpc) is 3.43. The van der Waals surface area contributed by atoms with Crippen molar-refractivity contribution in [3.05, 3.63) is 48.5 Å². The van der Waals surface area contributed by atoms with Crippen LogP contribution in [0, 0.1) is 0 Å². The Morgan fingerprint density at radius 1 is 1.03 bits per heavy atom. The molecule has 0 bridgehead atoms. The van der Waals surface area contributed by atoms with Crippen LogP contribution in [0.1, 0.15) is 25.1 Å². The molecule has 1 saturated heterocycles. The Balaban J connectivity index is 1.64. The number of para-hydroxylation sites is 2. The number of imidazole rings is 1. The molecule has 29 heavy (non-hydrogen) atoms. The molecule has 10 nitrogen and oxygen atoms in total. The van der Waals surface area contributed by atoms with Gasteiger partial charge >= 0.3 is 0 Å². The fourth-order valence-corrected chi connectivity index (χ4v) is 5.35. The van der Waals surface area contributed by atoms with Crippen molar-refractivity contribution in [3.8, 4) is 11.7 Å². The fourth-order valence-electron chi connectivity index (χ4n) is 3.53. The minimum Gasteiger partial charge on any atom is -0.330 e. The lowest BCUT2D eigenvalue weighted by Gasteiger charge is -2.33. The molecule has 0 radical (unpaired) electrons. The second-order valence-electron chi connectivity index (χ2n) is 6.77. The summed E-state index contributed by atoms with van der Waals surface area (Å²) in [5.41, 5.74) is 1.21. The number of hydrogen-bond donors (Lipinski definition) is 2. The van der Waals surface area contributed by atoms with Crippen molar-refractivity contribution in [1.82, 2.24) is 35.4 Å². The first kappa shape index (κ1) is 17.9. The summed E-state index contributed by atoms with van der Waals surface area (Å²) in [6, 6.07) is 8.82. The maximum atomic E-state index is 13.7. The second kappa shape index (κ2) is 6.71. The molecule has 1 aliphatic heterocycles. The van der Waals surface area contributed by atoms with E-state index >= 15 is 0 Å². The maximum absolute atomic E-state index is 13.7. The third kappa shape index (κ3) is 2.81. The number of H-pyrrole nitrogens is 1. The van der Waals surface area contributed by atoms with Crippen molar-refractivity contribution >= 4 is 20.9 Å². The number of benzene rings is 1. The zero-order valence-corrected chi connectivity index (χ0v) is 16.1. The number of fused-ring (bicyclic) bond motifs is 1. The summed E-state index contributed by atoms with van der Waals surface area (Å²) in [4.78, 5) is 18.2. The third-order valence-corrected chi connectivity index (χ3v) is 7.14. The minimum absolute atomic E-state index is 0.0279. The van der Waals surface area contributed by atoms with Crippen LogP contribution in [-0.4, -0.2) is 45.0 Å². The Kier molecular flexibility index (Phi) is 4.14. The van der Waals surface area contributed by atoms with E-state index in [-0.39, 0.29) is 22.7 Å². The topological polar surface area (TPSA) is 140 Å². The monoisotopic (exact) mass is 411 g/mol. The SMILES string of the molecule is O=S(=O)(c1nc2ccccc2[nH]1)C1(c2noc(-c3ncccn3)n2)CCCCN1. The summed E-state index contributed by atoms with van der Waals surface area (Å²) in [5, 5.41) is 6.98. The van der Waals surface area contributed by atoms with E-state index in [0.29, 0.717) is 30.4 Å². The highest BCUT2D eigenvalue weighted by atomic mass is 32.2. The molecule has 4 heterocycles. The molecule has 3 aromatic heterocycles. The Morgan fingerprint density at radius 2 is 1.86 bits per heavy atom. The molecule has 4 aromatic rings. The van der Waals surface area contributed by atoms with Gasteiger partial charge in [-0.1, -0.05) is 17.3 Å². The molecule has 2 N–H and O–H groups in total. The zero-order chi connectivity index (χ0) is 19.9. The minimum atomic E-state index is -4.01. The normalized spacial score (nSPS) is 20.1. The molecule has 0 aliphatic carbocycles. The number of rotatable bonds is 4. The smallest absolute Gasteiger partial charge is 0.295 e. The number of piperidine rings is 1. The van der Waals surface area contributed by atoms with Gasteiger partial charge in [-0.2, -0.15) is 4.98 Å². The molecular weight excluding hydrogens is 394 g/mol. The Morgan fingerprint density at radius 3 is 2.62 bits per heavy atom. The van der Waals surface area contributed by atoms with Crippen LogP contribution in [0.5, 0.6) is 0 Å². The molecular formula is C18H17N7O3S. The van der Waals surface area contributed by atoms with Crippen molar-refractivity contribution in [1.29, 1.82) is 0 Å². The maximum Gasteiger partial charge on any atom is 0.295 e. The molecule has 0 amide bonds. The number of sulfone groups is 1. The fraction of sp³-hybridized carbons (Fsp3) is 0.278. The van der Waals surface area contributed by atoms with Crippen LogP contribution in [0.3, 0.4) is 0 Å². The van der Waals surface area contributed by atoms with Crippen molar-refractivity contribution < 1.29 is 12.9 Å². The van der Waals surface area contributed by atoms with E-state index in [2.05, 4.69) is 35.4 Å². The first-order valence-corrected chi connectivity index (χ1v) is 10.6. The highest BCUT2D eigenvalue weighted by molar-refractivity contribution is 7.92. The largest absolute Gasteiger partial charge is 0.330 e. The van der Waals surface area contributed by atoms with Gasteiger partial charge in [-0.3, -0.25) is 5.32 Å². The average molecular weight is 411 g/mol. The van der Waals surface area contributed by atoms with E-state index in [0.717, 1.165) is 6.42 Å². The molecule has 11 heteroatoms. The number of nitrogens with zero attached hydrogens (tertiary/aromatic N) is 5. The van der Waals surface area contributed by atoms with E-state index in [1.54, 1.807) is 36.7 Å². The van der Waals surface area contributed by atoms with E-state index in [4.69, 9.17) is 4.52 Å². The molecule has 0 saturated carbocycles. The highest BCUT2D eigenvalue weighted by Crippen LogP contribution is 2.38. The van der Waals surface area contributed by atoms with Crippen molar-refractivity contribution in [2.24, 2.45) is 0 Å². The van der Waals surface area contributed by atoms with Gasteiger partial charge in [-0.25, -0.2) is 23.4 Å². The van der Waals surface area contributed by atoms with Gasteiger partial charge in [0.2, 0.25) is 26.6 Å². The van der Waals surface area contributed by atoms with E-state index < -0.39 is 14.7 Å². The number of hydrogen-bond acceptors (Lipinski definition) is 9. The van der Waals surface area contributed by atoms with E-state index in [1.165, 1.54) is 0 Å².